The summed E-state index contributed by atoms with van der Waals surface area (Å²) < 4.78 is 11.4. The maximum absolute atomic E-state index is 12.0. The molecule has 0 spiro atoms. The van der Waals surface area contributed by atoms with E-state index >= 15 is 0 Å². The Morgan fingerprint density at radius 2 is 1.67 bits per heavy atom. The molecule has 0 fully saturated rings. The highest BCUT2D eigenvalue weighted by molar-refractivity contribution is 5.92. The summed E-state index contributed by atoms with van der Waals surface area (Å²) in [5, 5.41) is 0. The van der Waals surface area contributed by atoms with Crippen molar-refractivity contribution >= 4 is 11.5 Å². The van der Waals surface area contributed by atoms with Crippen LogP contribution in [0.15, 0.2) is 18.2 Å². The van der Waals surface area contributed by atoms with Crippen molar-refractivity contribution in [2.45, 2.75) is 86.0 Å². The molecule has 1 aromatic rings. The number of rotatable bonds is 7. The predicted octanol–water partition coefficient (Wildman–Crippen LogP) is 6.43. The number of carbonyl (C=O) groups excluding carboxylic acids is 1. The van der Waals surface area contributed by atoms with Crippen molar-refractivity contribution in [2.24, 2.45) is 0 Å². The van der Waals surface area contributed by atoms with E-state index in [-0.39, 0.29) is 16.8 Å². The molecule has 0 radical (unpaired) electrons. The summed E-state index contributed by atoms with van der Waals surface area (Å²) in [5.74, 6) is 0.579. The molecule has 0 N–H and O–H groups in total. The Hall–Kier alpha value is -1.77. The molecule has 0 aliphatic heterocycles. The van der Waals surface area contributed by atoms with Crippen molar-refractivity contribution in [3.8, 4) is 5.75 Å². The quantitative estimate of drug-likeness (QED) is 0.313. The largest absolute Gasteiger partial charge is 0.493 e. The summed E-state index contributed by atoms with van der Waals surface area (Å²) in [4.78, 5) is 12.0. The van der Waals surface area contributed by atoms with Crippen LogP contribution in [0.2, 0.25) is 0 Å². The van der Waals surface area contributed by atoms with Crippen LogP contribution < -0.4 is 4.74 Å². The first-order valence-electron chi connectivity index (χ1n) is 10.1. The van der Waals surface area contributed by atoms with E-state index in [9.17, 15) is 4.79 Å². The fraction of sp³-hybridized carbons (Fsp3) is 0.625. The zero-order chi connectivity index (χ0) is 20.8. The minimum atomic E-state index is -0.312. The molecular formula is C24H38O3. The molecule has 0 heterocycles. The van der Waals surface area contributed by atoms with Gasteiger partial charge in [-0.3, -0.25) is 0 Å². The lowest BCUT2D eigenvalue weighted by atomic mass is 9.78. The van der Waals surface area contributed by atoms with Crippen LogP contribution in [0.5, 0.6) is 5.75 Å². The van der Waals surface area contributed by atoms with E-state index in [1.807, 2.05) is 13.8 Å². The molecule has 0 saturated carbocycles. The molecule has 0 unspecified atom stereocenters. The molecule has 0 saturated heterocycles. The Morgan fingerprint density at radius 3 is 2.15 bits per heavy atom. The Morgan fingerprint density at radius 1 is 1.04 bits per heavy atom. The van der Waals surface area contributed by atoms with Crippen molar-refractivity contribution < 1.29 is 14.3 Å². The number of ether oxygens (including phenoxy) is 2. The van der Waals surface area contributed by atoms with Gasteiger partial charge < -0.3 is 9.47 Å². The number of esters is 1. The van der Waals surface area contributed by atoms with Crippen molar-refractivity contribution in [1.29, 1.82) is 0 Å². The van der Waals surface area contributed by atoms with Gasteiger partial charge in [0, 0.05) is 17.2 Å². The lowest BCUT2D eigenvalue weighted by molar-refractivity contribution is -0.137. The number of allylic oxidation sites excluding steroid dienone is 1. The average molecular weight is 375 g/mol. The molecule has 152 valence electrons. The van der Waals surface area contributed by atoms with Crippen LogP contribution in [0.4, 0.5) is 0 Å². The zero-order valence-corrected chi connectivity index (χ0v) is 18.8. The molecule has 0 aliphatic carbocycles. The highest BCUT2D eigenvalue weighted by atomic mass is 16.5. The van der Waals surface area contributed by atoms with Gasteiger partial charge in [-0.2, -0.15) is 0 Å². The fourth-order valence-electron chi connectivity index (χ4n) is 2.82. The van der Waals surface area contributed by atoms with Gasteiger partial charge in [0.25, 0.3) is 0 Å². The monoisotopic (exact) mass is 374 g/mol. The van der Waals surface area contributed by atoms with Crippen molar-refractivity contribution in [3.63, 3.8) is 0 Å². The first-order valence-corrected chi connectivity index (χ1v) is 10.1. The van der Waals surface area contributed by atoms with Gasteiger partial charge in [-0.15, -0.1) is 0 Å². The maximum atomic E-state index is 12.0. The van der Waals surface area contributed by atoms with E-state index in [0.717, 1.165) is 29.7 Å². The van der Waals surface area contributed by atoms with E-state index < -0.39 is 0 Å². The van der Waals surface area contributed by atoms with Gasteiger partial charge in [0.05, 0.1) is 13.2 Å². The van der Waals surface area contributed by atoms with E-state index in [2.05, 4.69) is 60.6 Å². The molecule has 3 nitrogen and oxygen atoms in total. The summed E-state index contributed by atoms with van der Waals surface area (Å²) in [6.07, 6.45) is 3.66. The number of hydrogen-bond acceptors (Lipinski definition) is 3. The first kappa shape index (κ1) is 23.3. The van der Waals surface area contributed by atoms with E-state index in [1.54, 1.807) is 6.08 Å². The SMILES string of the molecule is CCCCOc1c(C(C)=CC(=O)OCC)cc(C(C)(C)C)cc1C(C)(C)C. The Bertz CT molecular complexity index is 670. The van der Waals surface area contributed by atoms with Gasteiger partial charge in [0.1, 0.15) is 5.75 Å². The van der Waals surface area contributed by atoms with Crippen LogP contribution in [0.1, 0.15) is 91.8 Å². The third-order valence-corrected chi connectivity index (χ3v) is 4.55. The summed E-state index contributed by atoms with van der Waals surface area (Å²) in [7, 11) is 0. The number of benzene rings is 1. The second-order valence-corrected chi connectivity index (χ2v) is 9.18. The van der Waals surface area contributed by atoms with Crippen LogP contribution in [0.3, 0.4) is 0 Å². The molecule has 1 rings (SSSR count). The minimum Gasteiger partial charge on any atom is -0.493 e. The third-order valence-electron chi connectivity index (χ3n) is 4.55. The highest BCUT2D eigenvalue weighted by Crippen LogP contribution is 2.41. The maximum Gasteiger partial charge on any atom is 0.331 e. The molecule has 27 heavy (non-hydrogen) atoms. The molecule has 0 atom stereocenters. The molecule has 0 amide bonds. The standard InChI is InChI=1S/C24H38O3/c1-10-12-13-27-22-19(17(3)14-21(25)26-11-2)15-18(23(4,5)6)16-20(22)24(7,8)9/h14-16H,10-13H2,1-9H3. The van der Waals surface area contributed by atoms with Crippen LogP contribution in [-0.2, 0) is 20.4 Å². The van der Waals surface area contributed by atoms with Crippen molar-refractivity contribution in [3.05, 3.63) is 34.9 Å². The highest BCUT2D eigenvalue weighted by Gasteiger charge is 2.26. The molecular weight excluding hydrogens is 336 g/mol. The Balaban J connectivity index is 3.65. The summed E-state index contributed by atoms with van der Waals surface area (Å²) >= 11 is 0. The Kier molecular flexibility index (Phi) is 8.13. The van der Waals surface area contributed by atoms with Crippen molar-refractivity contribution in [2.75, 3.05) is 13.2 Å². The number of unbranched alkanes of at least 4 members (excludes halogenated alkanes) is 1. The van der Waals surface area contributed by atoms with Gasteiger partial charge in [-0.1, -0.05) is 61.0 Å². The lowest BCUT2D eigenvalue weighted by Gasteiger charge is -2.29. The second-order valence-electron chi connectivity index (χ2n) is 9.18. The van der Waals surface area contributed by atoms with Gasteiger partial charge in [-0.25, -0.2) is 4.79 Å². The van der Waals surface area contributed by atoms with Crippen LogP contribution in [0, 0.1) is 0 Å². The van der Waals surface area contributed by atoms with Gasteiger partial charge in [-0.05, 0) is 48.3 Å². The normalized spacial score (nSPS) is 12.9. The molecule has 3 heteroatoms. The van der Waals surface area contributed by atoms with E-state index in [4.69, 9.17) is 9.47 Å². The van der Waals surface area contributed by atoms with E-state index in [1.165, 1.54) is 11.1 Å². The first-order chi connectivity index (χ1) is 12.4. The summed E-state index contributed by atoms with van der Waals surface area (Å²) in [5.41, 5.74) is 4.20. The molecule has 0 bridgehead atoms. The number of hydrogen-bond donors (Lipinski definition) is 0. The molecule has 0 aliphatic rings. The van der Waals surface area contributed by atoms with Crippen LogP contribution in [0.25, 0.3) is 5.57 Å². The number of carbonyl (C=O) groups is 1. The fourth-order valence-corrected chi connectivity index (χ4v) is 2.82. The molecule has 1 aromatic carbocycles. The van der Waals surface area contributed by atoms with E-state index in [0.29, 0.717) is 13.2 Å². The summed E-state index contributed by atoms with van der Waals surface area (Å²) in [6.45, 7) is 20.2. The second kappa shape index (κ2) is 9.43. The Labute approximate surface area is 166 Å². The zero-order valence-electron chi connectivity index (χ0n) is 18.8. The van der Waals surface area contributed by atoms with Gasteiger partial charge >= 0.3 is 5.97 Å². The topological polar surface area (TPSA) is 35.5 Å². The molecule has 0 aromatic heterocycles. The smallest absolute Gasteiger partial charge is 0.331 e. The van der Waals surface area contributed by atoms with Crippen LogP contribution >= 0.6 is 0 Å². The lowest BCUT2D eigenvalue weighted by Crippen LogP contribution is -2.19. The summed E-state index contributed by atoms with van der Waals surface area (Å²) in [6, 6.07) is 4.43. The average Bonchev–Trinajstić information content (AvgIpc) is 2.52. The minimum absolute atomic E-state index is 0.000899. The predicted molar refractivity (Wildman–Crippen MR) is 115 cm³/mol. The van der Waals surface area contributed by atoms with Crippen LogP contribution in [-0.4, -0.2) is 19.2 Å². The van der Waals surface area contributed by atoms with Gasteiger partial charge in [0.15, 0.2) is 0 Å². The van der Waals surface area contributed by atoms with Gasteiger partial charge in [0.2, 0.25) is 0 Å². The van der Waals surface area contributed by atoms with Crippen molar-refractivity contribution in [1.82, 2.24) is 0 Å². The third kappa shape index (κ3) is 6.71.